The van der Waals surface area contributed by atoms with E-state index in [0.29, 0.717) is 11.3 Å². The third-order valence-electron chi connectivity index (χ3n) is 2.69. The van der Waals surface area contributed by atoms with Crippen molar-refractivity contribution in [3.63, 3.8) is 0 Å². The van der Waals surface area contributed by atoms with E-state index in [0.717, 1.165) is 5.56 Å². The molecule has 5 heteroatoms. The van der Waals surface area contributed by atoms with Crippen LogP contribution in [0.2, 0.25) is 0 Å². The van der Waals surface area contributed by atoms with Gasteiger partial charge < -0.3 is 14.8 Å². The van der Waals surface area contributed by atoms with E-state index in [1.165, 1.54) is 18.4 Å². The van der Waals surface area contributed by atoms with Gasteiger partial charge in [-0.2, -0.15) is 0 Å². The number of hydrogen-bond donors (Lipinski definition) is 2. The lowest BCUT2D eigenvalue weighted by atomic mass is 10.0. The first-order valence-corrected chi connectivity index (χ1v) is 5.68. The first kappa shape index (κ1) is 12.9. The molecule has 0 atom stereocenters. The second-order valence-electron chi connectivity index (χ2n) is 4.24. The summed E-state index contributed by atoms with van der Waals surface area (Å²) in [5, 5.41) is 11.8. The van der Waals surface area contributed by atoms with Crippen LogP contribution in [0.1, 0.15) is 32.0 Å². The van der Waals surface area contributed by atoms with Crippen molar-refractivity contribution in [1.29, 1.82) is 0 Å². The second kappa shape index (κ2) is 4.97. The van der Waals surface area contributed by atoms with Gasteiger partial charge in [-0.3, -0.25) is 4.79 Å². The van der Waals surface area contributed by atoms with E-state index in [9.17, 15) is 14.7 Å². The number of furan rings is 1. The Balaban J connectivity index is 2.39. The van der Waals surface area contributed by atoms with E-state index in [-0.39, 0.29) is 11.3 Å². The van der Waals surface area contributed by atoms with Crippen LogP contribution in [0.3, 0.4) is 0 Å². The average molecular weight is 259 g/mol. The maximum atomic E-state index is 11.9. The summed E-state index contributed by atoms with van der Waals surface area (Å²) in [5.74, 6) is -1.42. The summed E-state index contributed by atoms with van der Waals surface area (Å²) in [6, 6.07) is 6.44. The zero-order chi connectivity index (χ0) is 14.0. The highest BCUT2D eigenvalue weighted by atomic mass is 16.4. The number of aryl methyl sites for hydroxylation is 2. The van der Waals surface area contributed by atoms with Crippen LogP contribution in [0, 0.1) is 13.8 Å². The Labute approximate surface area is 109 Å². The minimum Gasteiger partial charge on any atom is -0.478 e. The highest BCUT2D eigenvalue weighted by molar-refractivity contribution is 6.07. The number of carboxylic acids is 1. The molecule has 0 unspecified atom stereocenters. The van der Waals surface area contributed by atoms with Gasteiger partial charge in [0.2, 0.25) is 0 Å². The van der Waals surface area contributed by atoms with Crippen LogP contribution in [-0.2, 0) is 0 Å². The summed E-state index contributed by atoms with van der Waals surface area (Å²) >= 11 is 0. The van der Waals surface area contributed by atoms with Gasteiger partial charge in [-0.25, -0.2) is 4.79 Å². The molecule has 2 rings (SSSR count). The molecule has 5 nitrogen and oxygen atoms in total. The first-order valence-electron chi connectivity index (χ1n) is 5.68. The summed E-state index contributed by atoms with van der Waals surface area (Å²) in [5.41, 5.74) is 1.88. The molecule has 0 fully saturated rings. The summed E-state index contributed by atoms with van der Waals surface area (Å²) < 4.78 is 4.97. The number of carboxylic acid groups (broad SMARTS) is 1. The normalized spacial score (nSPS) is 10.2. The van der Waals surface area contributed by atoms with Gasteiger partial charge in [-0.05, 0) is 43.2 Å². The van der Waals surface area contributed by atoms with Crippen LogP contribution in [-0.4, -0.2) is 17.0 Å². The maximum Gasteiger partial charge on any atom is 0.337 e. The van der Waals surface area contributed by atoms with Gasteiger partial charge >= 0.3 is 5.97 Å². The Bertz CT molecular complexity index is 629. The predicted octanol–water partition coefficient (Wildman–Crippen LogP) is 2.85. The number of anilines is 1. The highest BCUT2D eigenvalue weighted by Gasteiger charge is 2.17. The summed E-state index contributed by atoms with van der Waals surface area (Å²) in [4.78, 5) is 23.1. The molecule has 98 valence electrons. The van der Waals surface area contributed by atoms with Crippen molar-refractivity contribution in [2.45, 2.75) is 13.8 Å². The molecular formula is C14H13NO4. The van der Waals surface area contributed by atoms with Crippen LogP contribution >= 0.6 is 0 Å². The van der Waals surface area contributed by atoms with Crippen molar-refractivity contribution in [2.75, 3.05) is 5.32 Å². The first-order chi connectivity index (χ1) is 8.99. The van der Waals surface area contributed by atoms with Gasteiger partial charge in [0, 0.05) is 0 Å². The molecule has 0 aliphatic carbocycles. The maximum absolute atomic E-state index is 11.9. The molecule has 0 aliphatic heterocycles. The molecule has 0 bridgehead atoms. The van der Waals surface area contributed by atoms with Gasteiger partial charge in [0.15, 0.2) is 5.76 Å². The number of amides is 1. The summed E-state index contributed by atoms with van der Waals surface area (Å²) in [7, 11) is 0. The molecule has 0 saturated carbocycles. The largest absolute Gasteiger partial charge is 0.478 e. The van der Waals surface area contributed by atoms with Crippen LogP contribution in [0.4, 0.5) is 5.69 Å². The van der Waals surface area contributed by atoms with Gasteiger partial charge in [-0.15, -0.1) is 0 Å². The number of aromatic carboxylic acids is 1. The molecule has 0 spiro atoms. The van der Waals surface area contributed by atoms with Crippen LogP contribution in [0.15, 0.2) is 34.9 Å². The standard InChI is InChI=1S/C14H13NO4/c1-8-6-9(2)12(10(7-8)14(17)18)15-13(16)11-4-3-5-19-11/h3-7H,1-2H3,(H,15,16)(H,17,18). The Morgan fingerprint density at radius 2 is 2.00 bits per heavy atom. The van der Waals surface area contributed by atoms with Crippen molar-refractivity contribution in [1.82, 2.24) is 0 Å². The number of carbonyl (C=O) groups excluding carboxylic acids is 1. The number of hydrogen-bond acceptors (Lipinski definition) is 3. The molecule has 0 saturated heterocycles. The zero-order valence-electron chi connectivity index (χ0n) is 10.6. The van der Waals surface area contributed by atoms with Crippen molar-refractivity contribution in [2.24, 2.45) is 0 Å². The molecule has 0 aliphatic rings. The fraction of sp³-hybridized carbons (Fsp3) is 0.143. The molecule has 1 heterocycles. The van der Waals surface area contributed by atoms with E-state index < -0.39 is 11.9 Å². The van der Waals surface area contributed by atoms with Gasteiger partial charge in [0.25, 0.3) is 5.91 Å². The quantitative estimate of drug-likeness (QED) is 0.888. The third-order valence-corrected chi connectivity index (χ3v) is 2.69. The smallest absolute Gasteiger partial charge is 0.337 e. The SMILES string of the molecule is Cc1cc(C)c(NC(=O)c2ccco2)c(C(=O)O)c1. The molecule has 1 amide bonds. The van der Waals surface area contributed by atoms with E-state index in [1.54, 1.807) is 19.9 Å². The third kappa shape index (κ3) is 2.65. The fourth-order valence-corrected chi connectivity index (χ4v) is 1.89. The van der Waals surface area contributed by atoms with Crippen LogP contribution < -0.4 is 5.32 Å². The topological polar surface area (TPSA) is 79.5 Å². The van der Waals surface area contributed by atoms with Gasteiger partial charge in [0.1, 0.15) is 0 Å². The minimum absolute atomic E-state index is 0.0670. The Hall–Kier alpha value is -2.56. The Morgan fingerprint density at radius 3 is 2.58 bits per heavy atom. The Kier molecular flexibility index (Phi) is 3.37. The summed E-state index contributed by atoms with van der Waals surface area (Å²) in [6.07, 6.45) is 1.38. The van der Waals surface area contributed by atoms with Gasteiger partial charge in [-0.1, -0.05) is 6.07 Å². The van der Waals surface area contributed by atoms with Crippen molar-refractivity contribution in [3.05, 3.63) is 53.0 Å². The van der Waals surface area contributed by atoms with Gasteiger partial charge in [0.05, 0.1) is 17.5 Å². The number of carbonyl (C=O) groups is 2. The number of rotatable bonds is 3. The number of benzene rings is 1. The van der Waals surface area contributed by atoms with Crippen molar-refractivity contribution >= 4 is 17.6 Å². The predicted molar refractivity (Wildman–Crippen MR) is 69.5 cm³/mol. The molecule has 2 aromatic rings. The van der Waals surface area contributed by atoms with Crippen molar-refractivity contribution in [3.8, 4) is 0 Å². The van der Waals surface area contributed by atoms with E-state index in [4.69, 9.17) is 4.42 Å². The van der Waals surface area contributed by atoms with E-state index in [2.05, 4.69) is 5.32 Å². The molecule has 19 heavy (non-hydrogen) atoms. The van der Waals surface area contributed by atoms with Crippen LogP contribution in [0.5, 0.6) is 0 Å². The van der Waals surface area contributed by atoms with Crippen LogP contribution in [0.25, 0.3) is 0 Å². The monoisotopic (exact) mass is 259 g/mol. The van der Waals surface area contributed by atoms with E-state index in [1.807, 2.05) is 6.07 Å². The molecule has 2 N–H and O–H groups in total. The average Bonchev–Trinajstić information content (AvgIpc) is 2.85. The molecule has 1 aromatic carbocycles. The summed E-state index contributed by atoms with van der Waals surface area (Å²) in [6.45, 7) is 3.55. The lowest BCUT2D eigenvalue weighted by molar-refractivity contribution is 0.0698. The fourth-order valence-electron chi connectivity index (χ4n) is 1.89. The second-order valence-corrected chi connectivity index (χ2v) is 4.24. The zero-order valence-corrected chi connectivity index (χ0v) is 10.6. The van der Waals surface area contributed by atoms with E-state index >= 15 is 0 Å². The van der Waals surface area contributed by atoms with Crippen molar-refractivity contribution < 1.29 is 19.1 Å². The lowest BCUT2D eigenvalue weighted by Gasteiger charge is -2.11. The molecule has 1 aromatic heterocycles. The molecular weight excluding hydrogens is 246 g/mol. The minimum atomic E-state index is -1.08. The lowest BCUT2D eigenvalue weighted by Crippen LogP contribution is -2.15. The Morgan fingerprint density at radius 1 is 1.26 bits per heavy atom. The molecule has 0 radical (unpaired) electrons. The highest BCUT2D eigenvalue weighted by Crippen LogP contribution is 2.23. The number of nitrogens with one attached hydrogen (secondary N) is 1.